The molecule has 1 fully saturated rings. The van der Waals surface area contributed by atoms with Gasteiger partial charge >= 0.3 is 0 Å². The Labute approximate surface area is 141 Å². The van der Waals surface area contributed by atoms with E-state index in [1.807, 2.05) is 6.92 Å². The zero-order valence-corrected chi connectivity index (χ0v) is 14.3. The summed E-state index contributed by atoms with van der Waals surface area (Å²) < 4.78 is 5.30. The minimum absolute atomic E-state index is 0.0626. The van der Waals surface area contributed by atoms with Crippen molar-refractivity contribution in [1.82, 2.24) is 4.90 Å². The van der Waals surface area contributed by atoms with Crippen LogP contribution in [0.2, 0.25) is 5.02 Å². The summed E-state index contributed by atoms with van der Waals surface area (Å²) in [6, 6.07) is 5.02. The third-order valence-corrected chi connectivity index (χ3v) is 4.49. The molecule has 7 heteroatoms. The molecule has 1 aliphatic rings. The quantitative estimate of drug-likeness (QED) is 0.882. The van der Waals surface area contributed by atoms with E-state index in [0.717, 1.165) is 0 Å². The zero-order chi connectivity index (χ0) is 17.1. The maximum atomic E-state index is 12.5. The van der Waals surface area contributed by atoms with Crippen molar-refractivity contribution >= 4 is 29.1 Å². The Kier molecular flexibility index (Phi) is 5.49. The largest absolute Gasteiger partial charge is 0.495 e. The summed E-state index contributed by atoms with van der Waals surface area (Å²) in [7, 11) is 3.25. The summed E-state index contributed by atoms with van der Waals surface area (Å²) in [6.07, 6.45) is 0.177. The first-order valence-electron chi connectivity index (χ1n) is 7.49. The third kappa shape index (κ3) is 3.59. The average molecular weight is 340 g/mol. The zero-order valence-electron chi connectivity index (χ0n) is 13.6. The van der Waals surface area contributed by atoms with E-state index in [4.69, 9.17) is 22.1 Å². The van der Waals surface area contributed by atoms with Crippen LogP contribution in [-0.4, -0.2) is 50.0 Å². The molecule has 2 unspecified atom stereocenters. The summed E-state index contributed by atoms with van der Waals surface area (Å²) in [6.45, 7) is 2.58. The fourth-order valence-electron chi connectivity index (χ4n) is 2.64. The topological polar surface area (TPSA) is 75.9 Å². The van der Waals surface area contributed by atoms with Gasteiger partial charge in [0.1, 0.15) is 5.75 Å². The predicted octanol–water partition coefficient (Wildman–Crippen LogP) is 1.51. The van der Waals surface area contributed by atoms with Crippen LogP contribution in [-0.2, 0) is 9.59 Å². The van der Waals surface area contributed by atoms with Gasteiger partial charge in [0.25, 0.3) is 0 Å². The molecule has 0 bridgehead atoms. The van der Waals surface area contributed by atoms with Gasteiger partial charge in [0.2, 0.25) is 11.8 Å². The number of halogens is 1. The maximum absolute atomic E-state index is 12.5. The summed E-state index contributed by atoms with van der Waals surface area (Å²) in [5.41, 5.74) is 6.20. The number of amides is 2. The molecular formula is C16H22ClN3O3. The highest BCUT2D eigenvalue weighted by molar-refractivity contribution is 6.31. The van der Waals surface area contributed by atoms with Crippen molar-refractivity contribution in [1.29, 1.82) is 0 Å². The molecule has 2 rings (SSSR count). The van der Waals surface area contributed by atoms with Crippen molar-refractivity contribution in [2.75, 3.05) is 32.1 Å². The Morgan fingerprint density at radius 1 is 1.57 bits per heavy atom. The Balaban J connectivity index is 2.20. The van der Waals surface area contributed by atoms with Crippen LogP contribution in [0.3, 0.4) is 0 Å². The Bertz CT molecular complexity index is 608. The lowest BCUT2D eigenvalue weighted by molar-refractivity contribution is -0.136. The molecule has 0 aliphatic carbocycles. The van der Waals surface area contributed by atoms with Crippen LogP contribution in [0.15, 0.2) is 18.2 Å². The van der Waals surface area contributed by atoms with Crippen molar-refractivity contribution in [2.24, 2.45) is 11.7 Å². The second-order valence-corrected chi connectivity index (χ2v) is 6.19. The molecule has 1 saturated heterocycles. The SMILES string of the molecule is COc1ccc(Cl)cc1N1CC(C(=O)N(C)C(C)CN)CC1=O. The fraction of sp³-hybridized carbons (Fsp3) is 0.500. The highest BCUT2D eigenvalue weighted by Gasteiger charge is 2.38. The third-order valence-electron chi connectivity index (χ3n) is 4.26. The number of hydrogen-bond acceptors (Lipinski definition) is 4. The van der Waals surface area contributed by atoms with Gasteiger partial charge in [0.15, 0.2) is 0 Å². The van der Waals surface area contributed by atoms with Crippen LogP contribution in [0.25, 0.3) is 0 Å². The van der Waals surface area contributed by atoms with Crippen LogP contribution in [0, 0.1) is 5.92 Å². The molecule has 1 aromatic rings. The number of benzene rings is 1. The van der Waals surface area contributed by atoms with E-state index in [1.54, 1.807) is 35.0 Å². The molecule has 23 heavy (non-hydrogen) atoms. The number of nitrogens with zero attached hydrogens (tertiary/aromatic N) is 2. The van der Waals surface area contributed by atoms with E-state index in [0.29, 0.717) is 29.5 Å². The first kappa shape index (κ1) is 17.6. The van der Waals surface area contributed by atoms with Crippen LogP contribution in [0.4, 0.5) is 5.69 Å². The van der Waals surface area contributed by atoms with E-state index >= 15 is 0 Å². The Hall–Kier alpha value is -1.79. The standard InChI is InChI=1S/C16H22ClN3O3/c1-10(8-18)19(2)16(22)11-6-15(21)20(9-11)13-7-12(17)4-5-14(13)23-3/h4-5,7,10-11H,6,8-9,18H2,1-3H3. The first-order chi connectivity index (χ1) is 10.9. The number of likely N-dealkylation sites (N-methyl/N-ethyl adjacent to an activating group) is 1. The van der Waals surface area contributed by atoms with Crippen LogP contribution < -0.4 is 15.4 Å². The molecule has 126 valence electrons. The Morgan fingerprint density at radius 3 is 2.87 bits per heavy atom. The minimum atomic E-state index is -0.384. The van der Waals surface area contributed by atoms with E-state index in [-0.39, 0.29) is 30.2 Å². The number of anilines is 1. The second kappa shape index (κ2) is 7.19. The summed E-state index contributed by atoms with van der Waals surface area (Å²) in [4.78, 5) is 28.1. The van der Waals surface area contributed by atoms with Crippen molar-refractivity contribution < 1.29 is 14.3 Å². The predicted molar refractivity (Wildman–Crippen MR) is 89.8 cm³/mol. The van der Waals surface area contributed by atoms with Gasteiger partial charge in [-0.05, 0) is 25.1 Å². The summed E-state index contributed by atoms with van der Waals surface area (Å²) in [5, 5.41) is 0.511. The molecule has 2 N–H and O–H groups in total. The second-order valence-electron chi connectivity index (χ2n) is 5.76. The van der Waals surface area contributed by atoms with E-state index in [9.17, 15) is 9.59 Å². The molecule has 6 nitrogen and oxygen atoms in total. The van der Waals surface area contributed by atoms with Gasteiger partial charge < -0.3 is 20.3 Å². The van der Waals surface area contributed by atoms with E-state index < -0.39 is 0 Å². The number of carbonyl (C=O) groups is 2. The van der Waals surface area contributed by atoms with Crippen molar-refractivity contribution in [3.8, 4) is 5.75 Å². The van der Waals surface area contributed by atoms with Gasteiger partial charge in [0.05, 0.1) is 18.7 Å². The summed E-state index contributed by atoms with van der Waals surface area (Å²) in [5.74, 6) is -0.0118. The molecule has 0 aromatic heterocycles. The van der Waals surface area contributed by atoms with Gasteiger partial charge in [-0.15, -0.1) is 0 Å². The highest BCUT2D eigenvalue weighted by atomic mass is 35.5. The number of hydrogen-bond donors (Lipinski definition) is 1. The molecule has 1 aromatic carbocycles. The van der Waals surface area contributed by atoms with E-state index in [2.05, 4.69) is 0 Å². The lowest BCUT2D eigenvalue weighted by atomic mass is 10.1. The normalized spacial score (nSPS) is 18.9. The number of ether oxygens (including phenoxy) is 1. The van der Waals surface area contributed by atoms with Gasteiger partial charge in [-0.25, -0.2) is 0 Å². The molecule has 2 amide bonds. The van der Waals surface area contributed by atoms with E-state index in [1.165, 1.54) is 7.11 Å². The van der Waals surface area contributed by atoms with Crippen LogP contribution in [0.5, 0.6) is 5.75 Å². The number of carbonyl (C=O) groups excluding carboxylic acids is 2. The molecular weight excluding hydrogens is 318 g/mol. The highest BCUT2D eigenvalue weighted by Crippen LogP contribution is 2.35. The molecule has 1 heterocycles. The molecule has 0 radical (unpaired) electrons. The van der Waals surface area contributed by atoms with Gasteiger partial charge in [-0.1, -0.05) is 11.6 Å². The smallest absolute Gasteiger partial charge is 0.228 e. The maximum Gasteiger partial charge on any atom is 0.228 e. The number of methoxy groups -OCH3 is 1. The molecule has 1 aliphatic heterocycles. The number of nitrogens with two attached hydrogens (primary N) is 1. The Morgan fingerprint density at radius 2 is 2.26 bits per heavy atom. The monoisotopic (exact) mass is 339 g/mol. The van der Waals surface area contributed by atoms with Crippen LogP contribution in [0.1, 0.15) is 13.3 Å². The van der Waals surface area contributed by atoms with Crippen molar-refractivity contribution in [3.05, 3.63) is 23.2 Å². The van der Waals surface area contributed by atoms with Gasteiger partial charge in [0, 0.05) is 37.6 Å². The fourth-order valence-corrected chi connectivity index (χ4v) is 2.81. The lowest BCUT2D eigenvalue weighted by Crippen LogP contribution is -2.43. The van der Waals surface area contributed by atoms with Gasteiger partial charge in [-0.2, -0.15) is 0 Å². The lowest BCUT2D eigenvalue weighted by Gasteiger charge is -2.26. The van der Waals surface area contributed by atoms with Crippen molar-refractivity contribution in [2.45, 2.75) is 19.4 Å². The molecule has 0 spiro atoms. The number of rotatable bonds is 5. The first-order valence-corrected chi connectivity index (χ1v) is 7.87. The molecule has 0 saturated carbocycles. The summed E-state index contributed by atoms with van der Waals surface area (Å²) >= 11 is 6.03. The minimum Gasteiger partial charge on any atom is -0.495 e. The van der Waals surface area contributed by atoms with Gasteiger partial charge in [-0.3, -0.25) is 9.59 Å². The molecule has 2 atom stereocenters. The average Bonchev–Trinajstić information content (AvgIpc) is 2.94. The van der Waals surface area contributed by atoms with Crippen LogP contribution >= 0.6 is 11.6 Å². The van der Waals surface area contributed by atoms with Crippen molar-refractivity contribution in [3.63, 3.8) is 0 Å².